The van der Waals surface area contributed by atoms with Crippen LogP contribution in [0.5, 0.6) is 0 Å². The summed E-state index contributed by atoms with van der Waals surface area (Å²) in [5.74, 6) is 0.930. The minimum Gasteiger partial charge on any atom is -0.456 e. The largest absolute Gasteiger partial charge is 0.456 e. The predicted octanol–water partition coefficient (Wildman–Crippen LogP) is 11.8. The summed E-state index contributed by atoms with van der Waals surface area (Å²) in [5.41, 5.74) is 12.3. The number of benzene rings is 7. The molecule has 0 aliphatic heterocycles. The zero-order chi connectivity index (χ0) is 30.9. The fraction of sp³-hybridized carbons (Fsp3) is 0. The molecule has 0 atom stereocenters. The molecular formula is C43H26N2O2. The van der Waals surface area contributed by atoms with Crippen LogP contribution >= 0.6 is 0 Å². The summed E-state index contributed by atoms with van der Waals surface area (Å²) in [5, 5.41) is 4.26. The molecule has 0 spiro atoms. The van der Waals surface area contributed by atoms with Crippen molar-refractivity contribution in [3.05, 3.63) is 158 Å². The van der Waals surface area contributed by atoms with Gasteiger partial charge in [-0.1, -0.05) is 97.1 Å². The summed E-state index contributed by atoms with van der Waals surface area (Å²) in [7, 11) is 0. The lowest BCUT2D eigenvalue weighted by molar-refractivity contribution is 0.664. The van der Waals surface area contributed by atoms with Crippen molar-refractivity contribution in [3.8, 4) is 39.3 Å². The third-order valence-corrected chi connectivity index (χ3v) is 9.22. The van der Waals surface area contributed by atoms with E-state index in [2.05, 4.69) is 144 Å². The minimum atomic E-state index is 0.855. The maximum Gasteiger partial charge on any atom is 0.145 e. The Morgan fingerprint density at radius 2 is 0.872 bits per heavy atom. The molecule has 0 bridgehead atoms. The van der Waals surface area contributed by atoms with Gasteiger partial charge in [-0.15, -0.1) is 0 Å². The second-order valence-corrected chi connectivity index (χ2v) is 12.0. The van der Waals surface area contributed by atoms with Crippen molar-refractivity contribution in [2.75, 3.05) is 0 Å². The highest BCUT2D eigenvalue weighted by Gasteiger charge is 2.16. The summed E-state index contributed by atoms with van der Waals surface area (Å²) < 4.78 is 15.0. The van der Waals surface area contributed by atoms with Gasteiger partial charge in [0.1, 0.15) is 28.2 Å². The molecule has 47 heavy (non-hydrogen) atoms. The highest BCUT2D eigenvalue weighted by Crippen LogP contribution is 2.39. The monoisotopic (exact) mass is 602 g/mol. The maximum absolute atomic E-state index is 6.40. The number of nitrogens with zero attached hydrogens (tertiary/aromatic N) is 2. The molecular weight excluding hydrogens is 576 g/mol. The maximum atomic E-state index is 6.40. The van der Waals surface area contributed by atoms with Crippen LogP contribution in [0.25, 0.3) is 94.2 Å². The normalized spacial score (nSPS) is 11.8. The number of furan rings is 2. The first-order chi connectivity index (χ1) is 23.3. The average molecular weight is 603 g/mol. The zero-order valence-corrected chi connectivity index (χ0v) is 25.2. The molecule has 10 aromatic rings. The summed E-state index contributed by atoms with van der Waals surface area (Å²) in [6.07, 6.45) is 0. The van der Waals surface area contributed by atoms with E-state index in [4.69, 9.17) is 13.8 Å². The summed E-state index contributed by atoms with van der Waals surface area (Å²) in [4.78, 5) is 5.00. The van der Waals surface area contributed by atoms with Crippen LogP contribution in [0.2, 0.25) is 0 Å². The number of aromatic nitrogens is 2. The third-order valence-electron chi connectivity index (χ3n) is 9.22. The van der Waals surface area contributed by atoms with E-state index in [1.807, 2.05) is 18.2 Å². The van der Waals surface area contributed by atoms with Crippen LogP contribution in [0, 0.1) is 0 Å². The standard InChI is InChI=1S/C43H26N2O2/c1-3-9-27(10-4-1)30-17-21-39-33(23-30)35-25-42-36(26-41(35)46-39)34-24-31(18-22-40(34)47-42)28-15-19-32(20-16-28)45-38-14-8-7-13-37(38)44-43(45)29-11-5-2-6-12-29/h1-26H. The number of imidazole rings is 1. The highest BCUT2D eigenvalue weighted by atomic mass is 16.3. The Balaban J connectivity index is 1.06. The third kappa shape index (κ3) is 4.12. The molecule has 7 aromatic carbocycles. The first kappa shape index (κ1) is 25.9. The van der Waals surface area contributed by atoms with Crippen molar-refractivity contribution in [2.45, 2.75) is 0 Å². The van der Waals surface area contributed by atoms with E-state index in [0.717, 1.165) is 83.1 Å². The molecule has 4 heteroatoms. The molecule has 0 fully saturated rings. The van der Waals surface area contributed by atoms with Crippen molar-refractivity contribution < 1.29 is 8.83 Å². The van der Waals surface area contributed by atoms with Crippen molar-refractivity contribution in [1.82, 2.24) is 9.55 Å². The molecule has 0 amide bonds. The molecule has 0 saturated carbocycles. The first-order valence-corrected chi connectivity index (χ1v) is 15.8. The van der Waals surface area contributed by atoms with Crippen LogP contribution in [-0.4, -0.2) is 9.55 Å². The van der Waals surface area contributed by atoms with E-state index in [9.17, 15) is 0 Å². The topological polar surface area (TPSA) is 44.1 Å². The molecule has 3 heterocycles. The number of para-hydroxylation sites is 2. The van der Waals surface area contributed by atoms with Crippen molar-refractivity contribution in [2.24, 2.45) is 0 Å². The molecule has 0 aliphatic rings. The van der Waals surface area contributed by atoms with Gasteiger partial charge >= 0.3 is 0 Å². The van der Waals surface area contributed by atoms with Gasteiger partial charge < -0.3 is 8.83 Å². The lowest BCUT2D eigenvalue weighted by Crippen LogP contribution is -1.97. The van der Waals surface area contributed by atoms with Crippen LogP contribution < -0.4 is 0 Å². The second-order valence-electron chi connectivity index (χ2n) is 12.0. The molecule has 10 rings (SSSR count). The lowest BCUT2D eigenvalue weighted by atomic mass is 10.0. The Morgan fingerprint density at radius 3 is 1.49 bits per heavy atom. The summed E-state index contributed by atoms with van der Waals surface area (Å²) in [6, 6.07) is 54.9. The number of rotatable bonds is 4. The minimum absolute atomic E-state index is 0.855. The fourth-order valence-corrected chi connectivity index (χ4v) is 6.91. The van der Waals surface area contributed by atoms with Gasteiger partial charge in [-0.25, -0.2) is 4.98 Å². The van der Waals surface area contributed by atoms with Crippen LogP contribution in [0.1, 0.15) is 0 Å². The van der Waals surface area contributed by atoms with Gasteiger partial charge in [0.15, 0.2) is 0 Å². The van der Waals surface area contributed by atoms with Crippen LogP contribution in [-0.2, 0) is 0 Å². The predicted molar refractivity (Wildman–Crippen MR) is 192 cm³/mol. The van der Waals surface area contributed by atoms with E-state index in [-0.39, 0.29) is 0 Å². The summed E-state index contributed by atoms with van der Waals surface area (Å²) >= 11 is 0. The van der Waals surface area contributed by atoms with E-state index in [0.29, 0.717) is 0 Å². The quantitative estimate of drug-likeness (QED) is 0.201. The van der Waals surface area contributed by atoms with Gasteiger partial charge in [0, 0.05) is 32.8 Å². The molecule has 220 valence electrons. The Hall–Kier alpha value is -6.39. The zero-order valence-electron chi connectivity index (χ0n) is 25.2. The number of hydrogen-bond acceptors (Lipinski definition) is 3. The average Bonchev–Trinajstić information content (AvgIpc) is 3.82. The Kier molecular flexibility index (Phi) is 5.54. The van der Waals surface area contributed by atoms with E-state index >= 15 is 0 Å². The Labute approximate surface area is 269 Å². The smallest absolute Gasteiger partial charge is 0.145 e. The number of hydrogen-bond donors (Lipinski definition) is 0. The first-order valence-electron chi connectivity index (χ1n) is 15.8. The SMILES string of the molecule is c1ccc(-c2ccc3oc4cc5c(cc4c3c2)oc2ccc(-c3ccc(-n4c(-c6ccccc6)nc6ccccc64)cc3)cc25)cc1. The van der Waals surface area contributed by atoms with Crippen molar-refractivity contribution >= 4 is 54.9 Å². The van der Waals surface area contributed by atoms with Crippen LogP contribution in [0.15, 0.2) is 167 Å². The summed E-state index contributed by atoms with van der Waals surface area (Å²) in [6.45, 7) is 0. The van der Waals surface area contributed by atoms with Crippen LogP contribution in [0.3, 0.4) is 0 Å². The molecule has 0 aliphatic carbocycles. The fourth-order valence-electron chi connectivity index (χ4n) is 6.91. The van der Waals surface area contributed by atoms with E-state index < -0.39 is 0 Å². The van der Waals surface area contributed by atoms with Gasteiger partial charge in [0.05, 0.1) is 11.0 Å². The molecule has 0 saturated heterocycles. The van der Waals surface area contributed by atoms with Crippen LogP contribution in [0.4, 0.5) is 0 Å². The van der Waals surface area contributed by atoms with Crippen molar-refractivity contribution in [3.63, 3.8) is 0 Å². The molecule has 4 nitrogen and oxygen atoms in total. The molecule has 3 aromatic heterocycles. The Bertz CT molecular complexity index is 2770. The second kappa shape index (κ2) is 10.1. The van der Waals surface area contributed by atoms with Gasteiger partial charge in [-0.2, -0.15) is 0 Å². The van der Waals surface area contributed by atoms with Crippen molar-refractivity contribution in [1.29, 1.82) is 0 Å². The van der Waals surface area contributed by atoms with E-state index in [1.165, 1.54) is 11.1 Å². The van der Waals surface area contributed by atoms with E-state index in [1.54, 1.807) is 0 Å². The lowest BCUT2D eigenvalue weighted by Gasteiger charge is -2.11. The molecule has 0 radical (unpaired) electrons. The Morgan fingerprint density at radius 1 is 0.383 bits per heavy atom. The van der Waals surface area contributed by atoms with Gasteiger partial charge in [-0.05, 0) is 82.9 Å². The van der Waals surface area contributed by atoms with Gasteiger partial charge in [-0.3, -0.25) is 4.57 Å². The molecule has 0 unspecified atom stereocenters. The van der Waals surface area contributed by atoms with Gasteiger partial charge in [0.2, 0.25) is 0 Å². The highest BCUT2D eigenvalue weighted by molar-refractivity contribution is 6.15. The molecule has 0 N–H and O–H groups in total. The van der Waals surface area contributed by atoms with Gasteiger partial charge in [0.25, 0.3) is 0 Å². The number of fused-ring (bicyclic) bond motifs is 7.